The third-order valence-corrected chi connectivity index (χ3v) is 5.07. The molecular formula is C17H22Cl2FN3OS. The van der Waals surface area contributed by atoms with E-state index in [1.165, 1.54) is 12.1 Å². The minimum Gasteiger partial charge on any atom is -0.333 e. The SMILES string of the molecule is CCc1nc(CC(=O)N2CCNCC2c2cccc(F)c2)cs1.Cl.Cl. The summed E-state index contributed by atoms with van der Waals surface area (Å²) in [5.74, 6) is -0.221. The van der Waals surface area contributed by atoms with Gasteiger partial charge in [-0.15, -0.1) is 36.2 Å². The zero-order chi connectivity index (χ0) is 16.2. The van der Waals surface area contributed by atoms with Crippen molar-refractivity contribution in [3.05, 3.63) is 51.7 Å². The molecule has 1 aromatic carbocycles. The number of piperazine rings is 1. The molecule has 138 valence electrons. The molecule has 1 amide bonds. The van der Waals surface area contributed by atoms with Crippen LogP contribution in [0.15, 0.2) is 29.6 Å². The number of aryl methyl sites for hydroxylation is 1. The van der Waals surface area contributed by atoms with E-state index in [9.17, 15) is 9.18 Å². The predicted molar refractivity (Wildman–Crippen MR) is 103 cm³/mol. The molecule has 1 aliphatic rings. The molecule has 2 aromatic rings. The van der Waals surface area contributed by atoms with E-state index in [1.807, 2.05) is 16.3 Å². The Morgan fingerprint density at radius 1 is 1.44 bits per heavy atom. The third kappa shape index (κ3) is 5.38. The molecule has 1 saturated heterocycles. The summed E-state index contributed by atoms with van der Waals surface area (Å²) < 4.78 is 13.5. The molecule has 25 heavy (non-hydrogen) atoms. The summed E-state index contributed by atoms with van der Waals surface area (Å²) in [6, 6.07) is 6.37. The first kappa shape index (κ1) is 21.8. The molecule has 1 aliphatic heterocycles. The number of aromatic nitrogens is 1. The normalized spacial score (nSPS) is 16.7. The minimum atomic E-state index is -0.271. The number of amides is 1. The molecule has 1 unspecified atom stereocenters. The monoisotopic (exact) mass is 405 g/mol. The zero-order valence-electron chi connectivity index (χ0n) is 13.9. The van der Waals surface area contributed by atoms with Crippen molar-refractivity contribution in [1.29, 1.82) is 0 Å². The van der Waals surface area contributed by atoms with Gasteiger partial charge in [-0.2, -0.15) is 0 Å². The van der Waals surface area contributed by atoms with Gasteiger partial charge in [0.2, 0.25) is 5.91 Å². The molecule has 1 N–H and O–H groups in total. The van der Waals surface area contributed by atoms with Crippen molar-refractivity contribution in [2.45, 2.75) is 25.8 Å². The van der Waals surface area contributed by atoms with E-state index in [4.69, 9.17) is 0 Å². The lowest BCUT2D eigenvalue weighted by Gasteiger charge is -2.36. The Hall–Kier alpha value is -1.21. The molecule has 1 atom stereocenters. The molecule has 2 heterocycles. The van der Waals surface area contributed by atoms with Gasteiger partial charge in [0, 0.05) is 25.0 Å². The second-order valence-electron chi connectivity index (χ2n) is 5.62. The van der Waals surface area contributed by atoms with Crippen LogP contribution in [-0.2, 0) is 17.6 Å². The smallest absolute Gasteiger partial charge is 0.229 e. The first-order chi connectivity index (χ1) is 11.2. The maximum absolute atomic E-state index is 13.5. The van der Waals surface area contributed by atoms with Crippen LogP contribution in [0.5, 0.6) is 0 Å². The molecular weight excluding hydrogens is 384 g/mol. The van der Waals surface area contributed by atoms with E-state index in [2.05, 4.69) is 17.2 Å². The zero-order valence-corrected chi connectivity index (χ0v) is 16.4. The lowest BCUT2D eigenvalue weighted by atomic mass is 10.0. The number of hydrogen-bond donors (Lipinski definition) is 1. The van der Waals surface area contributed by atoms with Crippen molar-refractivity contribution >= 4 is 42.1 Å². The summed E-state index contributed by atoms with van der Waals surface area (Å²) in [4.78, 5) is 19.0. The molecule has 4 nitrogen and oxygen atoms in total. The Balaban J connectivity index is 0.00000156. The molecule has 0 aliphatic carbocycles. The van der Waals surface area contributed by atoms with Crippen LogP contribution in [0.1, 0.15) is 29.2 Å². The van der Waals surface area contributed by atoms with Crippen LogP contribution in [0.3, 0.4) is 0 Å². The van der Waals surface area contributed by atoms with Gasteiger partial charge in [0.1, 0.15) is 5.82 Å². The largest absolute Gasteiger partial charge is 0.333 e. The molecule has 0 saturated carbocycles. The number of carbonyl (C=O) groups excluding carboxylic acids is 1. The lowest BCUT2D eigenvalue weighted by molar-refractivity contribution is -0.133. The van der Waals surface area contributed by atoms with E-state index in [0.717, 1.165) is 29.2 Å². The Bertz CT molecular complexity index is 698. The molecule has 1 fully saturated rings. The van der Waals surface area contributed by atoms with Gasteiger partial charge in [-0.1, -0.05) is 19.1 Å². The maximum atomic E-state index is 13.5. The standard InChI is InChI=1S/C17H20FN3OS.2ClH/c1-2-16-20-14(11-23-16)9-17(22)21-7-6-19-10-15(21)12-4-3-5-13(18)8-12;;/h3-5,8,11,15,19H,2,6-7,9-10H2,1H3;2*1H. The Labute approximate surface area is 163 Å². The summed E-state index contributed by atoms with van der Waals surface area (Å²) in [6.45, 7) is 4.09. The van der Waals surface area contributed by atoms with Crippen molar-refractivity contribution in [2.24, 2.45) is 0 Å². The van der Waals surface area contributed by atoms with E-state index in [-0.39, 0.29) is 42.6 Å². The van der Waals surface area contributed by atoms with E-state index in [1.54, 1.807) is 17.4 Å². The highest BCUT2D eigenvalue weighted by Crippen LogP contribution is 2.24. The van der Waals surface area contributed by atoms with Gasteiger partial charge in [0.05, 0.1) is 23.2 Å². The van der Waals surface area contributed by atoms with E-state index < -0.39 is 0 Å². The number of nitrogens with zero attached hydrogens (tertiary/aromatic N) is 2. The molecule has 0 radical (unpaired) electrons. The van der Waals surface area contributed by atoms with Crippen molar-refractivity contribution in [3.63, 3.8) is 0 Å². The Kier molecular flexibility index (Phi) is 8.79. The molecule has 0 bridgehead atoms. The first-order valence-corrected chi connectivity index (χ1v) is 8.74. The Morgan fingerprint density at radius 2 is 2.24 bits per heavy atom. The number of nitrogens with one attached hydrogen (secondary N) is 1. The van der Waals surface area contributed by atoms with E-state index >= 15 is 0 Å². The van der Waals surface area contributed by atoms with Crippen molar-refractivity contribution < 1.29 is 9.18 Å². The maximum Gasteiger partial charge on any atom is 0.229 e. The molecule has 8 heteroatoms. The van der Waals surface area contributed by atoms with Gasteiger partial charge in [-0.05, 0) is 24.1 Å². The highest BCUT2D eigenvalue weighted by molar-refractivity contribution is 7.09. The molecule has 0 spiro atoms. The van der Waals surface area contributed by atoms with Crippen molar-refractivity contribution in [3.8, 4) is 0 Å². The fourth-order valence-corrected chi connectivity index (χ4v) is 3.61. The number of carbonyl (C=O) groups is 1. The van der Waals surface area contributed by atoms with Gasteiger partial charge in [-0.3, -0.25) is 4.79 Å². The summed E-state index contributed by atoms with van der Waals surface area (Å²) in [5.41, 5.74) is 1.66. The number of halogens is 3. The predicted octanol–water partition coefficient (Wildman–Crippen LogP) is 3.40. The average Bonchev–Trinajstić information content (AvgIpc) is 3.02. The Morgan fingerprint density at radius 3 is 2.92 bits per heavy atom. The third-order valence-electron chi connectivity index (χ3n) is 4.03. The van der Waals surface area contributed by atoms with Gasteiger partial charge in [0.15, 0.2) is 0 Å². The van der Waals surface area contributed by atoms with Crippen LogP contribution in [-0.4, -0.2) is 35.4 Å². The quantitative estimate of drug-likeness (QED) is 0.847. The summed E-state index contributed by atoms with van der Waals surface area (Å²) in [5, 5.41) is 6.29. The first-order valence-electron chi connectivity index (χ1n) is 7.86. The van der Waals surface area contributed by atoms with E-state index in [0.29, 0.717) is 19.5 Å². The number of rotatable bonds is 4. The van der Waals surface area contributed by atoms with Crippen LogP contribution in [0.2, 0.25) is 0 Å². The van der Waals surface area contributed by atoms with Crippen LogP contribution in [0, 0.1) is 5.82 Å². The second-order valence-corrected chi connectivity index (χ2v) is 6.57. The van der Waals surface area contributed by atoms with Crippen LogP contribution in [0.25, 0.3) is 0 Å². The van der Waals surface area contributed by atoms with Crippen molar-refractivity contribution in [1.82, 2.24) is 15.2 Å². The van der Waals surface area contributed by atoms with Gasteiger partial charge in [0.25, 0.3) is 0 Å². The minimum absolute atomic E-state index is 0. The van der Waals surface area contributed by atoms with Crippen LogP contribution in [0.4, 0.5) is 4.39 Å². The summed E-state index contributed by atoms with van der Waals surface area (Å²) >= 11 is 1.59. The van der Waals surface area contributed by atoms with Crippen LogP contribution >= 0.6 is 36.2 Å². The lowest BCUT2D eigenvalue weighted by Crippen LogP contribution is -2.49. The number of benzene rings is 1. The highest BCUT2D eigenvalue weighted by atomic mass is 35.5. The summed E-state index contributed by atoms with van der Waals surface area (Å²) in [7, 11) is 0. The van der Waals surface area contributed by atoms with Gasteiger partial charge >= 0.3 is 0 Å². The van der Waals surface area contributed by atoms with Crippen LogP contribution < -0.4 is 5.32 Å². The topological polar surface area (TPSA) is 45.2 Å². The van der Waals surface area contributed by atoms with Gasteiger partial charge < -0.3 is 10.2 Å². The fraction of sp³-hybridized carbons (Fsp3) is 0.412. The van der Waals surface area contributed by atoms with Crippen molar-refractivity contribution in [2.75, 3.05) is 19.6 Å². The highest BCUT2D eigenvalue weighted by Gasteiger charge is 2.28. The fourth-order valence-electron chi connectivity index (χ4n) is 2.86. The number of hydrogen-bond acceptors (Lipinski definition) is 4. The summed E-state index contributed by atoms with van der Waals surface area (Å²) in [6.07, 6.45) is 1.20. The second kappa shape index (κ2) is 10.1. The number of thiazole rings is 1. The molecule has 1 aromatic heterocycles. The molecule has 3 rings (SSSR count). The van der Waals surface area contributed by atoms with Gasteiger partial charge in [-0.25, -0.2) is 9.37 Å². The average molecular weight is 406 g/mol.